The number of hydrogen-bond donors (Lipinski definition) is 4. The van der Waals surface area contributed by atoms with Crippen LogP contribution in [0.1, 0.15) is 27.0 Å². The maximum absolute atomic E-state index is 13.9. The van der Waals surface area contributed by atoms with E-state index < -0.39 is 50.4 Å². The molecule has 0 amide bonds. The minimum Gasteiger partial charge on any atom is -0.462 e. The molecule has 2 aromatic heterocycles. The van der Waals surface area contributed by atoms with Gasteiger partial charge in [0.25, 0.3) is 0 Å². The number of carbonyl (C=O) groups excluding carboxylic acids is 1. The Morgan fingerprint density at radius 3 is 2.74 bits per heavy atom. The molecule has 2 aliphatic heterocycles. The van der Waals surface area contributed by atoms with Gasteiger partial charge in [-0.1, -0.05) is 18.2 Å². The maximum atomic E-state index is 13.9. The summed E-state index contributed by atoms with van der Waals surface area (Å²) < 4.78 is 44.1. The summed E-state index contributed by atoms with van der Waals surface area (Å²) in [4.78, 5) is 24.7. The second-order valence-corrected chi connectivity index (χ2v) is 11.3. The largest absolute Gasteiger partial charge is 0.462 e. The van der Waals surface area contributed by atoms with E-state index in [2.05, 4.69) is 20.0 Å². The van der Waals surface area contributed by atoms with Crippen LogP contribution in [-0.4, -0.2) is 73.8 Å². The molecule has 0 saturated carbocycles. The van der Waals surface area contributed by atoms with Crippen LogP contribution in [0.25, 0.3) is 11.2 Å². The summed E-state index contributed by atoms with van der Waals surface area (Å²) >= 11 is 0. The van der Waals surface area contributed by atoms with E-state index in [4.69, 9.17) is 34.7 Å². The fourth-order valence-corrected chi connectivity index (χ4v) is 5.96. The molecule has 2 fully saturated rings. The van der Waals surface area contributed by atoms with Gasteiger partial charge in [-0.25, -0.2) is 9.55 Å². The van der Waals surface area contributed by atoms with Gasteiger partial charge < -0.3 is 35.3 Å². The molecule has 39 heavy (non-hydrogen) atoms. The Hall–Kier alpha value is -3.33. The smallest absolute Gasteiger partial charge is 0.459 e. The van der Waals surface area contributed by atoms with Gasteiger partial charge in [-0.15, -0.1) is 0 Å². The van der Waals surface area contributed by atoms with E-state index in [0.717, 1.165) is 0 Å². The Labute approximate surface area is 223 Å². The van der Waals surface area contributed by atoms with Crippen LogP contribution in [0.15, 0.2) is 36.7 Å². The number of fused-ring (bicyclic) bond motifs is 3. The van der Waals surface area contributed by atoms with E-state index in [-0.39, 0.29) is 30.2 Å². The highest BCUT2D eigenvalue weighted by atomic mass is 31.2. The molecule has 2 saturated heterocycles. The number of ether oxygens (including phenoxy) is 3. The van der Waals surface area contributed by atoms with Crippen LogP contribution < -0.4 is 21.1 Å². The lowest BCUT2D eigenvalue weighted by atomic mass is 10.0. The number of anilines is 2. The Bertz CT molecular complexity index is 1410. The van der Waals surface area contributed by atoms with Crippen LogP contribution in [0.2, 0.25) is 0 Å². The molecule has 1 unspecified atom stereocenters. The number of aliphatic hydroxyl groups excluding tert-OH is 1. The number of hydrogen-bond acceptors (Lipinski definition) is 13. The Morgan fingerprint density at radius 1 is 1.28 bits per heavy atom. The van der Waals surface area contributed by atoms with E-state index >= 15 is 0 Å². The fraction of sp³-hybridized carbons (Fsp3) is 0.478. The number of imidazole rings is 1. The van der Waals surface area contributed by atoms with Crippen molar-refractivity contribution in [2.24, 2.45) is 0 Å². The Morgan fingerprint density at radius 2 is 2.03 bits per heavy atom. The second kappa shape index (κ2) is 10.3. The van der Waals surface area contributed by atoms with E-state index in [1.54, 1.807) is 44.2 Å². The monoisotopic (exact) mass is 563 g/mol. The first-order valence-corrected chi connectivity index (χ1v) is 13.7. The highest BCUT2D eigenvalue weighted by molar-refractivity contribution is 7.52. The van der Waals surface area contributed by atoms with E-state index in [1.807, 2.05) is 0 Å². The molecule has 2 bridgehead atoms. The van der Waals surface area contributed by atoms with Gasteiger partial charge in [-0.05, 0) is 32.9 Å². The number of aromatic nitrogens is 4. The van der Waals surface area contributed by atoms with Crippen LogP contribution in [0.4, 0.5) is 11.8 Å². The SMILES string of the molecule is CC(C)OC(=O)[C@H](C)NP(=O)(OC[C@@]12CO[C@@H]([C@H](n3cnc4c(N)nc(N)nc43)O1)[C@@H]2O)Oc1ccccc1. The number of nitrogens with two attached hydrogens (primary N) is 2. The minimum absolute atomic E-state index is 0.0559. The number of nitrogens with zero attached hydrogens (tertiary/aromatic N) is 4. The van der Waals surface area contributed by atoms with Crippen LogP contribution >= 0.6 is 7.75 Å². The predicted molar refractivity (Wildman–Crippen MR) is 137 cm³/mol. The summed E-state index contributed by atoms with van der Waals surface area (Å²) in [6.45, 7) is 4.41. The van der Waals surface area contributed by atoms with Crippen molar-refractivity contribution in [2.75, 3.05) is 24.7 Å². The molecule has 6 atom stereocenters. The quantitative estimate of drug-likeness (QED) is 0.202. The zero-order chi connectivity index (χ0) is 27.9. The van der Waals surface area contributed by atoms with E-state index in [1.165, 1.54) is 17.8 Å². The fourth-order valence-electron chi connectivity index (χ4n) is 4.41. The number of nitrogen functional groups attached to an aromatic ring is 2. The van der Waals surface area contributed by atoms with Gasteiger partial charge in [0, 0.05) is 0 Å². The summed E-state index contributed by atoms with van der Waals surface area (Å²) in [6.07, 6.45) is -1.83. The van der Waals surface area contributed by atoms with Crippen molar-refractivity contribution in [2.45, 2.75) is 57.0 Å². The van der Waals surface area contributed by atoms with Gasteiger partial charge >= 0.3 is 13.7 Å². The summed E-state index contributed by atoms with van der Waals surface area (Å²) in [5, 5.41) is 13.7. The molecule has 0 radical (unpaired) electrons. The second-order valence-electron chi connectivity index (χ2n) is 9.60. The van der Waals surface area contributed by atoms with E-state index in [9.17, 15) is 14.5 Å². The number of aliphatic hydroxyl groups is 1. The first kappa shape index (κ1) is 27.2. The van der Waals surface area contributed by atoms with Crippen molar-refractivity contribution in [3.8, 4) is 5.75 Å². The lowest BCUT2D eigenvalue weighted by molar-refractivity contribution is -0.183. The number of para-hydroxylation sites is 1. The summed E-state index contributed by atoms with van der Waals surface area (Å²) in [5.41, 5.74) is 10.8. The molecule has 6 N–H and O–H groups in total. The van der Waals surface area contributed by atoms with Gasteiger partial charge in [0.2, 0.25) is 5.95 Å². The van der Waals surface area contributed by atoms with Gasteiger partial charge in [0.05, 0.1) is 25.6 Å². The zero-order valence-corrected chi connectivity index (χ0v) is 22.4. The van der Waals surface area contributed by atoms with Crippen LogP contribution in [-0.2, 0) is 28.1 Å². The first-order valence-electron chi connectivity index (χ1n) is 12.2. The van der Waals surface area contributed by atoms with E-state index in [0.29, 0.717) is 11.2 Å². The number of benzene rings is 1. The number of carbonyl (C=O) groups is 1. The highest BCUT2D eigenvalue weighted by Crippen LogP contribution is 2.50. The number of nitrogens with one attached hydrogen (secondary N) is 1. The van der Waals surface area contributed by atoms with Crippen molar-refractivity contribution < 1.29 is 37.7 Å². The Kier molecular flexibility index (Phi) is 7.22. The molecule has 3 aromatic rings. The molecule has 0 aliphatic carbocycles. The van der Waals surface area contributed by atoms with Crippen LogP contribution in [0.3, 0.4) is 0 Å². The molecule has 5 rings (SSSR count). The standard InChI is InChI=1S/C23H30N7O8P/c1-12(2)36-21(32)13(3)29-39(33,38-14-7-5-4-6-8-14)35-10-23-9-34-16(17(23)31)20(37-23)30-11-26-15-18(24)27-22(25)28-19(15)30/h4-8,11-13,16-17,20,31H,9-10H2,1-3H3,(H,29,33)(H4,24,25,27,28)/t13-,16+,17-,20+,23+,39?/m0/s1. The molecular formula is C23H30N7O8P. The Balaban J connectivity index is 1.37. The third-order valence-corrected chi connectivity index (χ3v) is 7.88. The van der Waals surface area contributed by atoms with Crippen molar-refractivity contribution in [1.82, 2.24) is 24.6 Å². The maximum Gasteiger partial charge on any atom is 0.459 e. The van der Waals surface area contributed by atoms with Crippen molar-refractivity contribution in [1.29, 1.82) is 0 Å². The average Bonchev–Trinajstić information content (AvgIpc) is 3.52. The van der Waals surface area contributed by atoms with Crippen LogP contribution in [0.5, 0.6) is 5.75 Å². The third-order valence-electron chi connectivity index (χ3n) is 6.25. The summed E-state index contributed by atoms with van der Waals surface area (Å²) in [6, 6.07) is 7.28. The van der Waals surface area contributed by atoms with Gasteiger partial charge in [-0.3, -0.25) is 13.9 Å². The molecule has 15 nitrogen and oxygen atoms in total. The van der Waals surface area contributed by atoms with Gasteiger partial charge in [0.15, 0.2) is 17.7 Å². The first-order chi connectivity index (χ1) is 18.5. The number of rotatable bonds is 10. The molecule has 1 aromatic carbocycles. The van der Waals surface area contributed by atoms with Crippen molar-refractivity contribution in [3.63, 3.8) is 0 Å². The van der Waals surface area contributed by atoms with Gasteiger partial charge in [0.1, 0.15) is 35.1 Å². The highest BCUT2D eigenvalue weighted by Gasteiger charge is 2.63. The molecule has 2 aliphatic rings. The van der Waals surface area contributed by atoms with Gasteiger partial charge in [-0.2, -0.15) is 15.1 Å². The lowest BCUT2D eigenvalue weighted by Gasteiger charge is -2.32. The normalized spacial score (nSPS) is 26.5. The lowest BCUT2D eigenvalue weighted by Crippen LogP contribution is -2.46. The number of esters is 1. The predicted octanol–water partition coefficient (Wildman–Crippen LogP) is 1.15. The topological polar surface area (TPSA) is 208 Å². The molecular weight excluding hydrogens is 533 g/mol. The molecule has 4 heterocycles. The average molecular weight is 564 g/mol. The van der Waals surface area contributed by atoms with Crippen molar-refractivity contribution >= 4 is 36.6 Å². The van der Waals surface area contributed by atoms with Crippen LogP contribution in [0, 0.1) is 0 Å². The molecule has 0 spiro atoms. The van der Waals surface area contributed by atoms with Crippen molar-refractivity contribution in [3.05, 3.63) is 36.7 Å². The molecule has 210 valence electrons. The molecule has 16 heteroatoms. The summed E-state index contributed by atoms with van der Waals surface area (Å²) in [5.74, 6) is -0.368. The minimum atomic E-state index is -4.21. The summed E-state index contributed by atoms with van der Waals surface area (Å²) in [7, 11) is -4.21. The zero-order valence-electron chi connectivity index (χ0n) is 21.5. The third kappa shape index (κ3) is 5.29.